The highest BCUT2D eigenvalue weighted by Gasteiger charge is 2.23. The van der Waals surface area contributed by atoms with Crippen molar-refractivity contribution in [2.75, 3.05) is 0 Å². The van der Waals surface area contributed by atoms with E-state index in [4.69, 9.17) is 0 Å². The van der Waals surface area contributed by atoms with Gasteiger partial charge in [-0.1, -0.05) is 54.6 Å². The molecule has 156 valence electrons. The van der Waals surface area contributed by atoms with Crippen LogP contribution in [-0.2, 0) is 22.4 Å². The summed E-state index contributed by atoms with van der Waals surface area (Å²) in [5.74, 6) is -3.81. The molecule has 4 nitrogen and oxygen atoms in total. The van der Waals surface area contributed by atoms with E-state index in [1.807, 2.05) is 54.6 Å². The van der Waals surface area contributed by atoms with E-state index < -0.39 is 29.6 Å². The number of rotatable bonds is 6. The number of carboxylic acid groups (broad SMARTS) is 1. The van der Waals surface area contributed by atoms with Gasteiger partial charge in [-0.2, -0.15) is 0 Å². The molecule has 2 N–H and O–H groups in total. The standard InChI is InChI=1S/C25H19F2NO3/c26-21-10-9-15(11-22(21)27)12-24(29)28-23(25(30)31)14-20-18-7-3-1-5-16(18)13-17-6-2-4-8-19(17)20/h1-11,13,23H,12,14H2,(H,28,29)(H,30,31)/t23-/m1/s1. The van der Waals surface area contributed by atoms with Crippen molar-refractivity contribution in [1.82, 2.24) is 5.32 Å². The third kappa shape index (κ3) is 4.38. The first kappa shape index (κ1) is 20.5. The van der Waals surface area contributed by atoms with Crippen LogP contribution in [0.15, 0.2) is 72.8 Å². The quantitative estimate of drug-likeness (QED) is 0.448. The van der Waals surface area contributed by atoms with Crippen LogP contribution in [0.4, 0.5) is 8.78 Å². The van der Waals surface area contributed by atoms with Crippen LogP contribution in [-0.4, -0.2) is 23.0 Å². The van der Waals surface area contributed by atoms with E-state index in [1.54, 1.807) is 0 Å². The normalized spacial score (nSPS) is 12.1. The molecule has 0 bridgehead atoms. The second-order valence-electron chi connectivity index (χ2n) is 7.39. The monoisotopic (exact) mass is 419 g/mol. The highest BCUT2D eigenvalue weighted by Crippen LogP contribution is 2.29. The third-order valence-corrected chi connectivity index (χ3v) is 5.27. The number of carbonyl (C=O) groups excluding carboxylic acids is 1. The van der Waals surface area contributed by atoms with Gasteiger partial charge in [-0.15, -0.1) is 0 Å². The molecular formula is C25H19F2NO3. The van der Waals surface area contributed by atoms with E-state index in [9.17, 15) is 23.5 Å². The fourth-order valence-electron chi connectivity index (χ4n) is 3.81. The lowest BCUT2D eigenvalue weighted by Crippen LogP contribution is -2.43. The highest BCUT2D eigenvalue weighted by molar-refractivity contribution is 6.02. The summed E-state index contributed by atoms with van der Waals surface area (Å²) >= 11 is 0. The molecule has 0 spiro atoms. The topological polar surface area (TPSA) is 66.4 Å². The smallest absolute Gasteiger partial charge is 0.326 e. The summed E-state index contributed by atoms with van der Waals surface area (Å²) in [6, 6.07) is 19.4. The highest BCUT2D eigenvalue weighted by atomic mass is 19.2. The van der Waals surface area contributed by atoms with Crippen LogP contribution in [0.25, 0.3) is 21.5 Å². The van der Waals surface area contributed by atoms with E-state index in [0.29, 0.717) is 0 Å². The molecule has 6 heteroatoms. The number of aliphatic carboxylic acids is 1. The molecule has 0 saturated carbocycles. The number of amides is 1. The fourth-order valence-corrected chi connectivity index (χ4v) is 3.81. The van der Waals surface area contributed by atoms with Crippen molar-refractivity contribution < 1.29 is 23.5 Å². The second-order valence-corrected chi connectivity index (χ2v) is 7.39. The Labute approximate surface area is 177 Å². The van der Waals surface area contributed by atoms with Gasteiger partial charge in [-0.25, -0.2) is 13.6 Å². The Morgan fingerprint density at radius 3 is 2.03 bits per heavy atom. The maximum atomic E-state index is 13.4. The maximum Gasteiger partial charge on any atom is 0.326 e. The predicted octanol–water partition coefficient (Wildman–Crippen LogP) is 4.63. The summed E-state index contributed by atoms with van der Waals surface area (Å²) in [4.78, 5) is 24.4. The van der Waals surface area contributed by atoms with Gasteiger partial charge in [0.15, 0.2) is 11.6 Å². The number of halogens is 2. The molecular weight excluding hydrogens is 400 g/mol. The van der Waals surface area contributed by atoms with E-state index in [1.165, 1.54) is 6.07 Å². The van der Waals surface area contributed by atoms with E-state index >= 15 is 0 Å². The van der Waals surface area contributed by atoms with Gasteiger partial charge in [0, 0.05) is 6.42 Å². The molecule has 0 aliphatic rings. The lowest BCUT2D eigenvalue weighted by Gasteiger charge is -2.18. The minimum Gasteiger partial charge on any atom is -0.480 e. The number of nitrogens with one attached hydrogen (secondary N) is 1. The lowest BCUT2D eigenvalue weighted by atomic mass is 9.92. The molecule has 31 heavy (non-hydrogen) atoms. The van der Waals surface area contributed by atoms with Crippen LogP contribution in [0.5, 0.6) is 0 Å². The van der Waals surface area contributed by atoms with Gasteiger partial charge in [0.1, 0.15) is 6.04 Å². The molecule has 4 aromatic rings. The average Bonchev–Trinajstić information content (AvgIpc) is 2.75. The van der Waals surface area contributed by atoms with Crippen LogP contribution in [0.2, 0.25) is 0 Å². The van der Waals surface area contributed by atoms with Crippen molar-refractivity contribution in [2.45, 2.75) is 18.9 Å². The molecule has 0 heterocycles. The first-order valence-electron chi connectivity index (χ1n) is 9.78. The number of fused-ring (bicyclic) bond motifs is 2. The van der Waals surface area contributed by atoms with Crippen LogP contribution >= 0.6 is 0 Å². The van der Waals surface area contributed by atoms with Gasteiger partial charge in [-0.05, 0) is 50.9 Å². The Hall–Kier alpha value is -3.80. The molecule has 0 aliphatic carbocycles. The Bertz CT molecular complexity index is 1250. The Kier molecular flexibility index (Phi) is 5.62. The summed E-state index contributed by atoms with van der Waals surface area (Å²) in [5, 5.41) is 16.1. The minimum atomic E-state index is -1.17. The van der Waals surface area contributed by atoms with Gasteiger partial charge in [0.25, 0.3) is 0 Å². The zero-order valence-electron chi connectivity index (χ0n) is 16.4. The van der Waals surface area contributed by atoms with Gasteiger partial charge in [0.2, 0.25) is 5.91 Å². The molecule has 0 radical (unpaired) electrons. The van der Waals surface area contributed by atoms with Crippen LogP contribution in [0.3, 0.4) is 0 Å². The molecule has 1 atom stereocenters. The summed E-state index contributed by atoms with van der Waals surface area (Å²) < 4.78 is 26.5. The Morgan fingerprint density at radius 2 is 1.45 bits per heavy atom. The second kappa shape index (κ2) is 8.52. The van der Waals surface area contributed by atoms with Crippen molar-refractivity contribution >= 4 is 33.4 Å². The van der Waals surface area contributed by atoms with E-state index in [0.717, 1.165) is 39.2 Å². The van der Waals surface area contributed by atoms with E-state index in [-0.39, 0.29) is 18.4 Å². The summed E-state index contributed by atoms with van der Waals surface area (Å²) in [6.07, 6.45) is -0.169. The molecule has 1 amide bonds. The summed E-state index contributed by atoms with van der Waals surface area (Å²) in [6.45, 7) is 0. The van der Waals surface area contributed by atoms with Crippen LogP contribution in [0, 0.1) is 11.6 Å². The first-order chi connectivity index (χ1) is 14.9. The first-order valence-corrected chi connectivity index (χ1v) is 9.78. The van der Waals surface area contributed by atoms with Crippen molar-refractivity contribution in [3.63, 3.8) is 0 Å². The van der Waals surface area contributed by atoms with Gasteiger partial charge in [-0.3, -0.25) is 4.79 Å². The van der Waals surface area contributed by atoms with Crippen LogP contribution < -0.4 is 5.32 Å². The number of carbonyl (C=O) groups is 2. The number of carboxylic acids is 1. The minimum absolute atomic E-state index is 0.0840. The summed E-state index contributed by atoms with van der Waals surface area (Å²) in [5.41, 5.74) is 1.09. The SMILES string of the molecule is O=C(Cc1ccc(F)c(F)c1)N[C@H](Cc1c2ccccc2cc2ccccc12)C(=O)O. The van der Waals surface area contributed by atoms with Crippen molar-refractivity contribution in [1.29, 1.82) is 0 Å². The van der Waals surface area contributed by atoms with Crippen molar-refractivity contribution in [2.24, 2.45) is 0 Å². The maximum absolute atomic E-state index is 13.4. The van der Waals surface area contributed by atoms with Crippen LogP contribution in [0.1, 0.15) is 11.1 Å². The lowest BCUT2D eigenvalue weighted by molar-refractivity contribution is -0.141. The summed E-state index contributed by atoms with van der Waals surface area (Å²) in [7, 11) is 0. The Balaban J connectivity index is 1.63. The van der Waals surface area contributed by atoms with Gasteiger partial charge >= 0.3 is 5.97 Å². The van der Waals surface area contributed by atoms with E-state index in [2.05, 4.69) is 5.32 Å². The molecule has 0 aromatic heterocycles. The zero-order valence-corrected chi connectivity index (χ0v) is 16.4. The predicted molar refractivity (Wildman–Crippen MR) is 115 cm³/mol. The molecule has 4 rings (SSSR count). The number of hydrogen-bond acceptors (Lipinski definition) is 2. The molecule has 0 fully saturated rings. The van der Waals surface area contributed by atoms with Crippen molar-refractivity contribution in [3.8, 4) is 0 Å². The van der Waals surface area contributed by atoms with Gasteiger partial charge < -0.3 is 10.4 Å². The fraction of sp³-hybridized carbons (Fsp3) is 0.120. The zero-order chi connectivity index (χ0) is 22.0. The molecule has 0 saturated heterocycles. The third-order valence-electron chi connectivity index (χ3n) is 5.27. The molecule has 0 unspecified atom stereocenters. The number of hydrogen-bond donors (Lipinski definition) is 2. The average molecular weight is 419 g/mol. The number of benzene rings is 4. The molecule has 0 aliphatic heterocycles. The van der Waals surface area contributed by atoms with Crippen molar-refractivity contribution in [3.05, 3.63) is 95.6 Å². The van der Waals surface area contributed by atoms with Gasteiger partial charge in [0.05, 0.1) is 6.42 Å². The largest absolute Gasteiger partial charge is 0.480 e. The Morgan fingerprint density at radius 1 is 0.839 bits per heavy atom. The molecule has 4 aromatic carbocycles.